The minimum atomic E-state index is -2.95. The van der Waals surface area contributed by atoms with Crippen LogP contribution >= 0.6 is 23.2 Å². The molecule has 1 saturated heterocycles. The summed E-state index contributed by atoms with van der Waals surface area (Å²) in [4.78, 5) is 13.6. The second kappa shape index (κ2) is 5.40. The normalized spacial score (nSPS) is 22.0. The molecule has 0 aliphatic carbocycles. The first kappa shape index (κ1) is 14.8. The lowest BCUT2D eigenvalue weighted by molar-refractivity contribution is 0.193. The van der Waals surface area contributed by atoms with Crippen molar-refractivity contribution in [2.75, 3.05) is 18.6 Å². The molecule has 0 radical (unpaired) electrons. The summed E-state index contributed by atoms with van der Waals surface area (Å²) in [6.07, 6.45) is 1.86. The molecule has 0 spiro atoms. The molecule has 0 unspecified atom stereocenters. The number of sulfone groups is 1. The Hall–Kier alpha value is -0.630. The highest BCUT2D eigenvalue weighted by molar-refractivity contribution is 7.91. The summed E-state index contributed by atoms with van der Waals surface area (Å²) in [5.41, 5.74) is -0.484. The fourth-order valence-electron chi connectivity index (χ4n) is 2.00. The molecule has 6 nitrogen and oxygen atoms in total. The Morgan fingerprint density at radius 1 is 1.53 bits per heavy atom. The quantitative estimate of drug-likeness (QED) is 0.814. The summed E-state index contributed by atoms with van der Waals surface area (Å²) >= 11 is 11.4. The van der Waals surface area contributed by atoms with E-state index in [0.29, 0.717) is 6.42 Å². The van der Waals surface area contributed by atoms with E-state index in [9.17, 15) is 13.2 Å². The molecule has 1 aromatic heterocycles. The van der Waals surface area contributed by atoms with Crippen molar-refractivity contribution in [1.29, 1.82) is 0 Å². The van der Waals surface area contributed by atoms with Crippen LogP contribution in [0.25, 0.3) is 0 Å². The fraction of sp³-hybridized carbons (Fsp3) is 0.600. The molecule has 1 aliphatic heterocycles. The molecule has 0 bridgehead atoms. The van der Waals surface area contributed by atoms with Crippen LogP contribution < -0.4 is 5.56 Å². The Bertz CT molecular complexity index is 644. The zero-order chi connectivity index (χ0) is 14.2. The lowest BCUT2D eigenvalue weighted by Crippen LogP contribution is -2.38. The third-order valence-corrected chi connectivity index (χ3v) is 5.63. The zero-order valence-corrected chi connectivity index (χ0v) is 12.5. The average Bonchev–Trinajstić information content (AvgIpc) is 2.70. The maximum absolute atomic E-state index is 11.8. The smallest absolute Gasteiger partial charge is 0.283 e. The number of nitrogens with zero attached hydrogens (tertiary/aromatic N) is 3. The molecule has 1 fully saturated rings. The fourth-order valence-corrected chi connectivity index (χ4v) is 4.07. The van der Waals surface area contributed by atoms with Gasteiger partial charge in [-0.25, -0.2) is 13.1 Å². The van der Waals surface area contributed by atoms with Crippen LogP contribution in [0.1, 0.15) is 6.42 Å². The third-order valence-electron chi connectivity index (χ3n) is 3.13. The Labute approximate surface area is 120 Å². The Morgan fingerprint density at radius 3 is 2.79 bits per heavy atom. The van der Waals surface area contributed by atoms with Gasteiger partial charge in [-0.05, 0) is 13.5 Å². The van der Waals surface area contributed by atoms with E-state index in [0.717, 1.165) is 0 Å². The van der Waals surface area contributed by atoms with Crippen LogP contribution in [0, 0.1) is 0 Å². The van der Waals surface area contributed by atoms with Crippen LogP contribution in [-0.4, -0.2) is 47.7 Å². The topological polar surface area (TPSA) is 72.3 Å². The number of hydrogen-bond acceptors (Lipinski definition) is 5. The lowest BCUT2D eigenvalue weighted by Gasteiger charge is -2.23. The summed E-state index contributed by atoms with van der Waals surface area (Å²) in [5, 5.41) is 3.91. The summed E-state index contributed by atoms with van der Waals surface area (Å²) in [6.45, 7) is 0.176. The molecule has 1 atom stereocenters. The van der Waals surface area contributed by atoms with Crippen molar-refractivity contribution in [3.8, 4) is 0 Å². The van der Waals surface area contributed by atoms with Crippen molar-refractivity contribution in [2.24, 2.45) is 0 Å². The summed E-state index contributed by atoms with van der Waals surface area (Å²) in [5.74, 6) is 0.297. The SMILES string of the molecule is CN(Cn1ncc(Cl)c(Cl)c1=O)[C@H]1CCS(=O)(=O)C1. The molecule has 0 amide bonds. The Balaban J connectivity index is 2.14. The highest BCUT2D eigenvalue weighted by Gasteiger charge is 2.30. The molecule has 0 aromatic carbocycles. The monoisotopic (exact) mass is 325 g/mol. The molecule has 1 aliphatic rings. The van der Waals surface area contributed by atoms with Gasteiger partial charge in [0.15, 0.2) is 9.84 Å². The predicted octanol–water partition coefficient (Wildman–Crippen LogP) is 0.626. The third kappa shape index (κ3) is 3.28. The van der Waals surface area contributed by atoms with Gasteiger partial charge in [-0.2, -0.15) is 5.10 Å². The molecular formula is C10H13Cl2N3O3S. The maximum Gasteiger partial charge on any atom is 0.288 e. The van der Waals surface area contributed by atoms with E-state index < -0.39 is 15.4 Å². The van der Waals surface area contributed by atoms with Crippen molar-refractivity contribution in [1.82, 2.24) is 14.7 Å². The first-order valence-corrected chi connectivity index (χ1v) is 8.19. The molecule has 0 N–H and O–H groups in total. The molecule has 106 valence electrons. The van der Waals surface area contributed by atoms with E-state index >= 15 is 0 Å². The standard InChI is InChI=1S/C10H13Cl2N3O3S/c1-14(7-2-3-19(17,18)5-7)6-15-10(16)9(12)8(11)4-13-15/h4,7H,2-3,5-6H2,1H3/t7-/m0/s1. The number of rotatable bonds is 3. The van der Waals surface area contributed by atoms with Gasteiger partial charge in [0.05, 0.1) is 29.4 Å². The molecule has 0 saturated carbocycles. The van der Waals surface area contributed by atoms with Crippen molar-refractivity contribution in [3.05, 3.63) is 26.6 Å². The van der Waals surface area contributed by atoms with Gasteiger partial charge in [0.25, 0.3) is 5.56 Å². The molecule has 2 heterocycles. The van der Waals surface area contributed by atoms with Crippen LogP contribution in [0.2, 0.25) is 10.0 Å². The lowest BCUT2D eigenvalue weighted by atomic mass is 10.2. The van der Waals surface area contributed by atoms with E-state index in [1.807, 2.05) is 0 Å². The van der Waals surface area contributed by atoms with Crippen molar-refractivity contribution >= 4 is 33.0 Å². The van der Waals surface area contributed by atoms with Crippen molar-refractivity contribution in [3.63, 3.8) is 0 Å². The van der Waals surface area contributed by atoms with E-state index in [1.165, 1.54) is 10.9 Å². The molecule has 19 heavy (non-hydrogen) atoms. The van der Waals surface area contributed by atoms with Crippen LogP contribution in [-0.2, 0) is 16.5 Å². The maximum atomic E-state index is 11.8. The predicted molar refractivity (Wildman–Crippen MR) is 73.3 cm³/mol. The number of aromatic nitrogens is 2. The van der Waals surface area contributed by atoms with Gasteiger partial charge < -0.3 is 0 Å². The second-order valence-corrected chi connectivity index (χ2v) is 7.58. The first-order valence-electron chi connectivity index (χ1n) is 5.62. The van der Waals surface area contributed by atoms with Crippen LogP contribution in [0.4, 0.5) is 0 Å². The summed E-state index contributed by atoms with van der Waals surface area (Å²) in [6, 6.07) is -0.104. The number of hydrogen-bond donors (Lipinski definition) is 0. The van der Waals surface area contributed by atoms with Gasteiger partial charge in [-0.1, -0.05) is 23.2 Å². The molecular weight excluding hydrogens is 313 g/mol. The summed E-state index contributed by atoms with van der Waals surface area (Å²) < 4.78 is 24.0. The highest BCUT2D eigenvalue weighted by Crippen LogP contribution is 2.17. The van der Waals surface area contributed by atoms with Crippen LogP contribution in [0.5, 0.6) is 0 Å². The summed E-state index contributed by atoms with van der Waals surface area (Å²) in [7, 11) is -1.20. The van der Waals surface area contributed by atoms with Gasteiger partial charge >= 0.3 is 0 Å². The number of halogens is 2. The van der Waals surface area contributed by atoms with Crippen LogP contribution in [0.15, 0.2) is 11.0 Å². The minimum absolute atomic E-state index is 0.0795. The zero-order valence-electron chi connectivity index (χ0n) is 10.2. The van der Waals surface area contributed by atoms with Crippen LogP contribution in [0.3, 0.4) is 0 Å². The van der Waals surface area contributed by atoms with E-state index in [-0.39, 0.29) is 34.3 Å². The van der Waals surface area contributed by atoms with Gasteiger partial charge in [-0.3, -0.25) is 9.69 Å². The second-order valence-electron chi connectivity index (χ2n) is 4.57. The Morgan fingerprint density at radius 2 is 2.21 bits per heavy atom. The first-order chi connectivity index (χ1) is 8.80. The minimum Gasteiger partial charge on any atom is -0.283 e. The molecule has 1 aromatic rings. The molecule has 2 rings (SSSR count). The van der Waals surface area contributed by atoms with Gasteiger partial charge in [0, 0.05) is 6.04 Å². The van der Waals surface area contributed by atoms with Gasteiger partial charge in [0.2, 0.25) is 0 Å². The highest BCUT2D eigenvalue weighted by atomic mass is 35.5. The van der Waals surface area contributed by atoms with Crippen molar-refractivity contribution < 1.29 is 8.42 Å². The van der Waals surface area contributed by atoms with E-state index in [2.05, 4.69) is 5.10 Å². The van der Waals surface area contributed by atoms with Crippen molar-refractivity contribution in [2.45, 2.75) is 19.1 Å². The van der Waals surface area contributed by atoms with E-state index in [1.54, 1.807) is 11.9 Å². The molecule has 9 heteroatoms. The largest absolute Gasteiger partial charge is 0.288 e. The van der Waals surface area contributed by atoms with Gasteiger partial charge in [0.1, 0.15) is 5.02 Å². The van der Waals surface area contributed by atoms with Gasteiger partial charge in [-0.15, -0.1) is 0 Å². The average molecular weight is 326 g/mol. The Kier molecular flexibility index (Phi) is 4.20. The van der Waals surface area contributed by atoms with E-state index in [4.69, 9.17) is 23.2 Å².